The maximum Gasteiger partial charge on any atom is 0.289 e. The summed E-state index contributed by atoms with van der Waals surface area (Å²) < 4.78 is 5.17. The number of nitrogens with one attached hydrogen (secondary N) is 1. The Hall–Kier alpha value is -3.56. The molecule has 2 aromatic carbocycles. The lowest BCUT2D eigenvalue weighted by Gasteiger charge is -2.30. The number of hydrogen-bond acceptors (Lipinski definition) is 4. The average Bonchev–Trinajstić information content (AvgIpc) is 3.36. The predicted molar refractivity (Wildman–Crippen MR) is 121 cm³/mol. The third kappa shape index (κ3) is 4.68. The molecule has 2 amide bonds. The fourth-order valence-corrected chi connectivity index (χ4v) is 4.24. The number of likely N-dealkylation sites (tertiary alicyclic amines) is 1. The minimum Gasteiger partial charge on any atom is -0.459 e. The Morgan fingerprint density at radius 3 is 2.47 bits per heavy atom. The predicted octanol–water partition coefficient (Wildman–Crippen LogP) is 5.08. The van der Waals surface area contributed by atoms with E-state index in [0.717, 1.165) is 5.56 Å². The smallest absolute Gasteiger partial charge is 0.289 e. The Kier molecular flexibility index (Phi) is 6.58. The average molecular weight is 448 g/mol. The number of nitriles is 1. The number of anilines is 1. The molecule has 3 aromatic rings. The van der Waals surface area contributed by atoms with Crippen LogP contribution in [-0.4, -0.2) is 29.8 Å². The highest BCUT2D eigenvalue weighted by Gasteiger charge is 2.29. The van der Waals surface area contributed by atoms with Crippen molar-refractivity contribution in [3.05, 3.63) is 88.8 Å². The first-order valence-corrected chi connectivity index (χ1v) is 10.8. The molecule has 0 bridgehead atoms. The molecule has 0 aliphatic carbocycles. The second-order valence-corrected chi connectivity index (χ2v) is 8.15. The summed E-state index contributed by atoms with van der Waals surface area (Å²) in [6, 6.07) is 20.3. The number of halogens is 1. The van der Waals surface area contributed by atoms with Gasteiger partial charge in [-0.15, -0.1) is 0 Å². The minimum atomic E-state index is -0.482. The quantitative estimate of drug-likeness (QED) is 0.590. The van der Waals surface area contributed by atoms with Gasteiger partial charge in [-0.3, -0.25) is 9.59 Å². The number of carbonyl (C=O) groups is 2. The SMILES string of the molecule is N#CC(c1ccccc1)c1ccc(NC(=O)C2CCN(C(=O)c3ccco3)CC2)cc1Cl. The van der Waals surface area contributed by atoms with Gasteiger partial charge in [0.1, 0.15) is 0 Å². The van der Waals surface area contributed by atoms with Gasteiger partial charge in [-0.25, -0.2) is 0 Å². The van der Waals surface area contributed by atoms with E-state index in [0.29, 0.717) is 48.0 Å². The molecule has 162 valence electrons. The van der Waals surface area contributed by atoms with Gasteiger partial charge in [0.15, 0.2) is 5.76 Å². The van der Waals surface area contributed by atoms with Gasteiger partial charge in [-0.1, -0.05) is 48.0 Å². The van der Waals surface area contributed by atoms with E-state index < -0.39 is 5.92 Å². The van der Waals surface area contributed by atoms with Gasteiger partial charge < -0.3 is 14.6 Å². The van der Waals surface area contributed by atoms with Gasteiger partial charge in [0.25, 0.3) is 5.91 Å². The van der Waals surface area contributed by atoms with Crippen molar-refractivity contribution in [2.75, 3.05) is 18.4 Å². The van der Waals surface area contributed by atoms with Crippen LogP contribution in [0.3, 0.4) is 0 Å². The van der Waals surface area contributed by atoms with Crippen LogP contribution in [0, 0.1) is 17.2 Å². The fraction of sp³-hybridized carbons (Fsp3) is 0.240. The Morgan fingerprint density at radius 1 is 1.09 bits per heavy atom. The zero-order valence-electron chi connectivity index (χ0n) is 17.3. The monoisotopic (exact) mass is 447 g/mol. The highest BCUT2D eigenvalue weighted by Crippen LogP contribution is 2.32. The van der Waals surface area contributed by atoms with Gasteiger partial charge >= 0.3 is 0 Å². The van der Waals surface area contributed by atoms with Gasteiger partial charge in [0.05, 0.1) is 18.3 Å². The van der Waals surface area contributed by atoms with Crippen molar-refractivity contribution in [2.24, 2.45) is 5.92 Å². The summed E-state index contributed by atoms with van der Waals surface area (Å²) in [6.07, 6.45) is 2.63. The summed E-state index contributed by atoms with van der Waals surface area (Å²) in [4.78, 5) is 26.8. The van der Waals surface area contributed by atoms with Crippen molar-refractivity contribution in [3.8, 4) is 6.07 Å². The highest BCUT2D eigenvalue weighted by molar-refractivity contribution is 6.31. The first kappa shape index (κ1) is 21.7. The second-order valence-electron chi connectivity index (χ2n) is 7.74. The number of rotatable bonds is 5. The van der Waals surface area contributed by atoms with Crippen LogP contribution in [-0.2, 0) is 4.79 Å². The number of piperidine rings is 1. The molecular weight excluding hydrogens is 426 g/mol. The molecule has 1 aliphatic rings. The lowest BCUT2D eigenvalue weighted by atomic mass is 9.92. The molecule has 0 spiro atoms. The number of benzene rings is 2. The van der Waals surface area contributed by atoms with E-state index in [2.05, 4.69) is 11.4 Å². The summed E-state index contributed by atoms with van der Waals surface area (Å²) in [5.41, 5.74) is 2.15. The molecule has 0 radical (unpaired) electrons. The van der Waals surface area contributed by atoms with Crippen LogP contribution >= 0.6 is 11.6 Å². The first-order valence-electron chi connectivity index (χ1n) is 10.4. The molecule has 7 heteroatoms. The van der Waals surface area contributed by atoms with Crippen LogP contribution in [0.4, 0.5) is 5.69 Å². The first-order chi connectivity index (χ1) is 15.6. The minimum absolute atomic E-state index is 0.0983. The molecule has 4 rings (SSSR count). The maximum absolute atomic E-state index is 12.8. The Labute approximate surface area is 191 Å². The van der Waals surface area contributed by atoms with Crippen molar-refractivity contribution in [1.29, 1.82) is 5.26 Å². The Balaban J connectivity index is 1.37. The fourth-order valence-electron chi connectivity index (χ4n) is 3.95. The van der Waals surface area contributed by atoms with Crippen LogP contribution in [0.5, 0.6) is 0 Å². The van der Waals surface area contributed by atoms with Crippen LogP contribution in [0.15, 0.2) is 71.3 Å². The Bertz CT molecular complexity index is 1130. The van der Waals surface area contributed by atoms with E-state index in [4.69, 9.17) is 16.0 Å². The lowest BCUT2D eigenvalue weighted by molar-refractivity contribution is -0.121. The van der Waals surface area contributed by atoms with Gasteiger partial charge in [0, 0.05) is 29.7 Å². The summed E-state index contributed by atoms with van der Waals surface area (Å²) in [5, 5.41) is 13.0. The molecule has 1 atom stereocenters. The Morgan fingerprint density at radius 2 is 1.84 bits per heavy atom. The molecule has 1 aliphatic heterocycles. The summed E-state index contributed by atoms with van der Waals surface area (Å²) >= 11 is 6.47. The molecule has 2 heterocycles. The summed E-state index contributed by atoms with van der Waals surface area (Å²) in [6.45, 7) is 0.997. The van der Waals surface area contributed by atoms with Crippen molar-refractivity contribution in [2.45, 2.75) is 18.8 Å². The zero-order chi connectivity index (χ0) is 22.5. The third-order valence-electron chi connectivity index (χ3n) is 5.73. The molecule has 1 aromatic heterocycles. The number of hydrogen-bond donors (Lipinski definition) is 1. The van der Waals surface area contributed by atoms with Gasteiger partial charge in [-0.05, 0) is 48.2 Å². The summed E-state index contributed by atoms with van der Waals surface area (Å²) in [7, 11) is 0. The zero-order valence-corrected chi connectivity index (χ0v) is 18.1. The molecule has 1 saturated heterocycles. The van der Waals surface area contributed by atoms with Crippen molar-refractivity contribution < 1.29 is 14.0 Å². The topological polar surface area (TPSA) is 86.3 Å². The highest BCUT2D eigenvalue weighted by atomic mass is 35.5. The van der Waals surface area contributed by atoms with Crippen molar-refractivity contribution >= 4 is 29.1 Å². The van der Waals surface area contributed by atoms with E-state index in [1.54, 1.807) is 35.2 Å². The van der Waals surface area contributed by atoms with Crippen LogP contribution < -0.4 is 5.32 Å². The van der Waals surface area contributed by atoms with Gasteiger partial charge in [-0.2, -0.15) is 5.26 Å². The second kappa shape index (κ2) is 9.71. The van der Waals surface area contributed by atoms with E-state index in [1.165, 1.54) is 6.26 Å². The molecule has 6 nitrogen and oxygen atoms in total. The standard InChI is InChI=1S/C25H22ClN3O3/c26-22-15-19(8-9-20(22)21(16-27)17-5-2-1-3-6-17)28-24(30)18-10-12-29(13-11-18)25(31)23-7-4-14-32-23/h1-9,14-15,18,21H,10-13H2,(H,28,30). The van der Waals surface area contributed by atoms with Crippen molar-refractivity contribution in [1.82, 2.24) is 4.90 Å². The van der Waals surface area contributed by atoms with E-state index in [9.17, 15) is 14.9 Å². The number of carbonyl (C=O) groups excluding carboxylic acids is 2. The van der Waals surface area contributed by atoms with E-state index in [-0.39, 0.29) is 17.7 Å². The molecule has 1 N–H and O–H groups in total. The largest absolute Gasteiger partial charge is 0.459 e. The van der Waals surface area contributed by atoms with E-state index in [1.807, 2.05) is 30.3 Å². The number of nitrogens with zero attached hydrogens (tertiary/aromatic N) is 2. The summed E-state index contributed by atoms with van der Waals surface area (Å²) in [5.74, 6) is -0.607. The van der Waals surface area contributed by atoms with Crippen LogP contribution in [0.25, 0.3) is 0 Å². The maximum atomic E-state index is 12.8. The van der Waals surface area contributed by atoms with Crippen LogP contribution in [0.1, 0.15) is 40.4 Å². The lowest BCUT2D eigenvalue weighted by Crippen LogP contribution is -2.41. The van der Waals surface area contributed by atoms with Crippen molar-refractivity contribution in [3.63, 3.8) is 0 Å². The van der Waals surface area contributed by atoms with E-state index >= 15 is 0 Å². The molecule has 1 unspecified atom stereocenters. The number of amides is 2. The number of furan rings is 1. The van der Waals surface area contributed by atoms with Crippen LogP contribution in [0.2, 0.25) is 5.02 Å². The molecular formula is C25H22ClN3O3. The van der Waals surface area contributed by atoms with Gasteiger partial charge in [0.2, 0.25) is 5.91 Å². The molecule has 32 heavy (non-hydrogen) atoms. The normalized spacial score (nSPS) is 15.1. The molecule has 0 saturated carbocycles. The molecule has 1 fully saturated rings. The third-order valence-corrected chi connectivity index (χ3v) is 6.05.